The number of aromatic nitrogens is 1. The molecule has 1 aliphatic rings. The highest BCUT2D eigenvalue weighted by Crippen LogP contribution is 2.27. The quantitative estimate of drug-likeness (QED) is 0.820. The maximum absolute atomic E-state index is 12.3. The summed E-state index contributed by atoms with van der Waals surface area (Å²) in [5.41, 5.74) is 1.05. The highest BCUT2D eigenvalue weighted by atomic mass is 16.5. The fraction of sp³-hybridized carbons (Fsp3) is 0.471. The number of benzene rings is 1. The van der Waals surface area contributed by atoms with E-state index in [-0.39, 0.29) is 11.7 Å². The Kier molecular flexibility index (Phi) is 4.25. The maximum atomic E-state index is 12.3. The molecule has 3 rings (SSSR count). The first-order chi connectivity index (χ1) is 10.3. The average molecular weight is 287 g/mol. The van der Waals surface area contributed by atoms with Crippen LogP contribution >= 0.6 is 0 Å². The standard InChI is InChI=1S/C17H21NO3/c1-2-9-21-17-5-3-4-15-14(17)6-8-18(15)11-16(19)13-7-10-20-12-13/h3-6,8,13H,2,7,9-12H2,1H3. The minimum absolute atomic E-state index is 0.0574. The van der Waals surface area contributed by atoms with Crippen molar-refractivity contribution in [1.29, 1.82) is 0 Å². The number of rotatable bonds is 6. The van der Waals surface area contributed by atoms with E-state index in [1.165, 1.54) is 0 Å². The molecule has 0 spiro atoms. The number of fused-ring (bicyclic) bond motifs is 1. The molecule has 0 N–H and O–H groups in total. The Labute approximate surface area is 124 Å². The van der Waals surface area contributed by atoms with Crippen LogP contribution in [0, 0.1) is 5.92 Å². The molecular weight excluding hydrogens is 266 g/mol. The second-order valence-corrected chi connectivity index (χ2v) is 5.51. The van der Waals surface area contributed by atoms with Gasteiger partial charge in [-0.1, -0.05) is 13.0 Å². The fourth-order valence-electron chi connectivity index (χ4n) is 2.76. The van der Waals surface area contributed by atoms with Gasteiger partial charge in [0, 0.05) is 24.1 Å². The molecule has 1 unspecified atom stereocenters. The summed E-state index contributed by atoms with van der Waals surface area (Å²) >= 11 is 0. The summed E-state index contributed by atoms with van der Waals surface area (Å²) in [7, 11) is 0. The molecule has 2 heterocycles. The van der Waals surface area contributed by atoms with Gasteiger partial charge < -0.3 is 14.0 Å². The first kappa shape index (κ1) is 14.1. The Balaban J connectivity index is 1.81. The number of hydrogen-bond donors (Lipinski definition) is 0. The smallest absolute Gasteiger partial charge is 0.157 e. The molecule has 1 saturated heterocycles. The summed E-state index contributed by atoms with van der Waals surface area (Å²) in [6.07, 6.45) is 3.80. The van der Waals surface area contributed by atoms with Gasteiger partial charge in [0.05, 0.1) is 25.3 Å². The number of nitrogens with zero attached hydrogens (tertiary/aromatic N) is 1. The molecule has 1 aliphatic heterocycles. The lowest BCUT2D eigenvalue weighted by molar-refractivity contribution is -0.123. The van der Waals surface area contributed by atoms with E-state index in [1.54, 1.807) is 0 Å². The van der Waals surface area contributed by atoms with Gasteiger partial charge in [0.2, 0.25) is 0 Å². The lowest BCUT2D eigenvalue weighted by atomic mass is 10.0. The van der Waals surface area contributed by atoms with E-state index in [2.05, 4.69) is 6.92 Å². The third-order valence-corrected chi connectivity index (χ3v) is 3.95. The Bertz CT molecular complexity index is 626. The lowest BCUT2D eigenvalue weighted by Gasteiger charge is -2.10. The molecule has 4 heteroatoms. The SMILES string of the molecule is CCCOc1cccc2c1ccn2CC(=O)C1CCOC1. The van der Waals surface area contributed by atoms with Crippen molar-refractivity contribution in [3.05, 3.63) is 30.5 Å². The van der Waals surface area contributed by atoms with Crippen molar-refractivity contribution >= 4 is 16.7 Å². The molecular formula is C17H21NO3. The van der Waals surface area contributed by atoms with E-state index in [0.717, 1.165) is 29.5 Å². The summed E-state index contributed by atoms with van der Waals surface area (Å²) in [5, 5.41) is 1.07. The molecule has 1 fully saturated rings. The van der Waals surface area contributed by atoms with E-state index in [9.17, 15) is 4.79 Å². The number of carbonyl (C=O) groups excluding carboxylic acids is 1. The zero-order valence-corrected chi connectivity index (χ0v) is 12.4. The third kappa shape index (κ3) is 2.95. The van der Waals surface area contributed by atoms with Crippen LogP contribution in [0.25, 0.3) is 10.9 Å². The molecule has 21 heavy (non-hydrogen) atoms. The topological polar surface area (TPSA) is 40.5 Å². The van der Waals surface area contributed by atoms with Crippen LogP contribution in [-0.2, 0) is 16.1 Å². The molecule has 0 radical (unpaired) electrons. The van der Waals surface area contributed by atoms with Crippen LogP contribution in [-0.4, -0.2) is 30.2 Å². The van der Waals surface area contributed by atoms with Crippen LogP contribution in [0.3, 0.4) is 0 Å². The van der Waals surface area contributed by atoms with E-state index >= 15 is 0 Å². The van der Waals surface area contributed by atoms with Crippen LogP contribution in [0.4, 0.5) is 0 Å². The lowest BCUT2D eigenvalue weighted by Crippen LogP contribution is -2.19. The predicted octanol–water partition coefficient (Wildman–Crippen LogP) is 3.04. The summed E-state index contributed by atoms with van der Waals surface area (Å²) in [6.45, 7) is 4.49. The first-order valence-corrected chi connectivity index (χ1v) is 7.60. The summed E-state index contributed by atoms with van der Waals surface area (Å²) in [5.74, 6) is 1.21. The first-order valence-electron chi connectivity index (χ1n) is 7.60. The number of Topliss-reactive ketones (excluding diaryl/α,β-unsaturated/α-hetero) is 1. The highest BCUT2D eigenvalue weighted by Gasteiger charge is 2.23. The molecule has 1 aromatic carbocycles. The van der Waals surface area contributed by atoms with Gasteiger partial charge in [0.1, 0.15) is 5.75 Å². The molecule has 4 nitrogen and oxygen atoms in total. The summed E-state index contributed by atoms with van der Waals surface area (Å²) < 4.78 is 13.1. The van der Waals surface area contributed by atoms with E-state index in [0.29, 0.717) is 26.4 Å². The van der Waals surface area contributed by atoms with Gasteiger partial charge in [0.25, 0.3) is 0 Å². The molecule has 0 bridgehead atoms. The van der Waals surface area contributed by atoms with Crippen molar-refractivity contribution in [3.8, 4) is 5.75 Å². The largest absolute Gasteiger partial charge is 0.493 e. The van der Waals surface area contributed by atoms with E-state index in [1.807, 2.05) is 35.0 Å². The van der Waals surface area contributed by atoms with Crippen LogP contribution < -0.4 is 4.74 Å². The van der Waals surface area contributed by atoms with Crippen molar-refractivity contribution in [2.75, 3.05) is 19.8 Å². The van der Waals surface area contributed by atoms with Crippen LogP contribution in [0.5, 0.6) is 5.75 Å². The normalized spacial score (nSPS) is 18.2. The third-order valence-electron chi connectivity index (χ3n) is 3.95. The second kappa shape index (κ2) is 6.31. The summed E-state index contributed by atoms with van der Waals surface area (Å²) in [4.78, 5) is 12.3. The molecule has 1 atom stereocenters. The van der Waals surface area contributed by atoms with Gasteiger partial charge in [0.15, 0.2) is 5.78 Å². The van der Waals surface area contributed by atoms with Crippen molar-refractivity contribution in [2.24, 2.45) is 5.92 Å². The zero-order chi connectivity index (χ0) is 14.7. The Hall–Kier alpha value is -1.81. The van der Waals surface area contributed by atoms with Gasteiger partial charge in [-0.15, -0.1) is 0 Å². The van der Waals surface area contributed by atoms with Crippen molar-refractivity contribution in [3.63, 3.8) is 0 Å². The summed E-state index contributed by atoms with van der Waals surface area (Å²) in [6, 6.07) is 8.02. The minimum atomic E-state index is 0.0574. The number of ether oxygens (including phenoxy) is 2. The van der Waals surface area contributed by atoms with E-state index < -0.39 is 0 Å². The number of ketones is 1. The van der Waals surface area contributed by atoms with Gasteiger partial charge >= 0.3 is 0 Å². The fourth-order valence-corrected chi connectivity index (χ4v) is 2.76. The minimum Gasteiger partial charge on any atom is -0.493 e. The Morgan fingerprint density at radius 3 is 3.10 bits per heavy atom. The second-order valence-electron chi connectivity index (χ2n) is 5.51. The Morgan fingerprint density at radius 1 is 1.43 bits per heavy atom. The predicted molar refractivity (Wildman–Crippen MR) is 81.7 cm³/mol. The molecule has 1 aromatic heterocycles. The highest BCUT2D eigenvalue weighted by molar-refractivity contribution is 5.89. The number of hydrogen-bond acceptors (Lipinski definition) is 3. The number of carbonyl (C=O) groups is 1. The molecule has 112 valence electrons. The Morgan fingerprint density at radius 2 is 2.33 bits per heavy atom. The zero-order valence-electron chi connectivity index (χ0n) is 12.4. The average Bonchev–Trinajstić information content (AvgIpc) is 3.15. The van der Waals surface area contributed by atoms with Crippen LogP contribution in [0.15, 0.2) is 30.5 Å². The molecule has 2 aromatic rings. The van der Waals surface area contributed by atoms with Crippen molar-refractivity contribution < 1.29 is 14.3 Å². The molecule has 0 amide bonds. The van der Waals surface area contributed by atoms with Crippen LogP contribution in [0.2, 0.25) is 0 Å². The molecule has 0 saturated carbocycles. The van der Waals surface area contributed by atoms with Crippen molar-refractivity contribution in [1.82, 2.24) is 4.57 Å². The van der Waals surface area contributed by atoms with Gasteiger partial charge in [-0.3, -0.25) is 4.79 Å². The van der Waals surface area contributed by atoms with Gasteiger partial charge in [-0.2, -0.15) is 0 Å². The van der Waals surface area contributed by atoms with Gasteiger partial charge in [-0.05, 0) is 31.0 Å². The molecule has 0 aliphatic carbocycles. The van der Waals surface area contributed by atoms with E-state index in [4.69, 9.17) is 9.47 Å². The van der Waals surface area contributed by atoms with Crippen LogP contribution in [0.1, 0.15) is 19.8 Å². The maximum Gasteiger partial charge on any atom is 0.157 e. The van der Waals surface area contributed by atoms with Crippen molar-refractivity contribution in [2.45, 2.75) is 26.3 Å². The monoisotopic (exact) mass is 287 g/mol. The van der Waals surface area contributed by atoms with Gasteiger partial charge in [-0.25, -0.2) is 0 Å².